The smallest absolute Gasteiger partial charge is 0.259 e. The summed E-state index contributed by atoms with van der Waals surface area (Å²) >= 11 is 0. The molecule has 11 heteroatoms. The molecule has 1 amide bonds. The van der Waals surface area contributed by atoms with Crippen LogP contribution in [-0.2, 0) is 11.3 Å². The molecule has 4 aromatic rings. The summed E-state index contributed by atoms with van der Waals surface area (Å²) in [7, 11) is 0. The highest BCUT2D eigenvalue weighted by Crippen LogP contribution is 2.26. The van der Waals surface area contributed by atoms with Gasteiger partial charge in [-0.05, 0) is 30.5 Å². The first-order chi connectivity index (χ1) is 17.2. The predicted molar refractivity (Wildman–Crippen MR) is 129 cm³/mol. The normalized spacial score (nSPS) is 19.0. The van der Waals surface area contributed by atoms with Gasteiger partial charge in [0.25, 0.3) is 5.78 Å². The Kier molecular flexibility index (Phi) is 5.53. The molecule has 6 rings (SSSR count). The van der Waals surface area contributed by atoms with Gasteiger partial charge in [-0.25, -0.2) is 0 Å². The zero-order valence-corrected chi connectivity index (χ0v) is 19.3. The summed E-state index contributed by atoms with van der Waals surface area (Å²) in [5, 5.41) is 4.35. The maximum atomic E-state index is 13.5. The molecule has 2 fully saturated rings. The van der Waals surface area contributed by atoms with E-state index >= 15 is 0 Å². The standard InChI is InChI=1S/C24H27N9O2/c25-22-27-23(28-24-26-20(29-33(22)24)19-9-5-15-35-19)32-10-4-8-18(32)21(34)31-13-11-30(12-14-31)16-17-6-2-1-3-7-17/h1-3,5-7,9,15,18H,4,8,10-14,16H2,(H2,25,26,27,28,29). The van der Waals surface area contributed by atoms with Gasteiger partial charge in [0, 0.05) is 39.3 Å². The summed E-state index contributed by atoms with van der Waals surface area (Å²) in [5.41, 5.74) is 7.48. The number of nitrogens with zero attached hydrogens (tertiary/aromatic N) is 8. The van der Waals surface area contributed by atoms with Crippen LogP contribution in [0.5, 0.6) is 0 Å². The van der Waals surface area contributed by atoms with E-state index in [1.165, 1.54) is 10.1 Å². The number of carbonyl (C=O) groups is 1. The van der Waals surface area contributed by atoms with E-state index in [2.05, 4.69) is 49.2 Å². The van der Waals surface area contributed by atoms with E-state index in [4.69, 9.17) is 10.2 Å². The fourth-order valence-corrected chi connectivity index (χ4v) is 4.87. The average Bonchev–Trinajstić information content (AvgIpc) is 3.65. The van der Waals surface area contributed by atoms with E-state index in [1.54, 1.807) is 18.4 Å². The van der Waals surface area contributed by atoms with Crippen molar-refractivity contribution in [3.63, 3.8) is 0 Å². The van der Waals surface area contributed by atoms with Gasteiger partial charge in [0.05, 0.1) is 6.26 Å². The number of carbonyl (C=O) groups excluding carboxylic acids is 1. The molecule has 2 aliphatic heterocycles. The molecule has 35 heavy (non-hydrogen) atoms. The second-order valence-electron chi connectivity index (χ2n) is 8.94. The van der Waals surface area contributed by atoms with E-state index in [1.807, 2.05) is 15.9 Å². The van der Waals surface area contributed by atoms with Gasteiger partial charge < -0.3 is 20.0 Å². The molecule has 2 saturated heterocycles. The quantitative estimate of drug-likeness (QED) is 0.461. The van der Waals surface area contributed by atoms with Crippen LogP contribution >= 0.6 is 0 Å². The number of hydrogen-bond acceptors (Lipinski definition) is 9. The Morgan fingerprint density at radius 1 is 1.00 bits per heavy atom. The molecule has 0 bridgehead atoms. The van der Waals surface area contributed by atoms with Crippen molar-refractivity contribution in [1.82, 2.24) is 34.4 Å². The number of amides is 1. The number of rotatable bonds is 5. The number of furan rings is 1. The molecular formula is C24H27N9O2. The van der Waals surface area contributed by atoms with Crippen molar-refractivity contribution in [1.29, 1.82) is 0 Å². The highest BCUT2D eigenvalue weighted by Gasteiger charge is 2.36. The second-order valence-corrected chi connectivity index (χ2v) is 8.94. The SMILES string of the molecule is Nc1nc(N2CCCC2C(=O)N2CCN(Cc3ccccc3)CC2)nc2nc(-c3ccco3)nn12. The first-order valence-electron chi connectivity index (χ1n) is 11.9. The van der Waals surface area contributed by atoms with Crippen molar-refractivity contribution in [2.45, 2.75) is 25.4 Å². The van der Waals surface area contributed by atoms with Gasteiger partial charge >= 0.3 is 0 Å². The maximum absolute atomic E-state index is 13.5. The number of benzene rings is 1. The molecule has 1 atom stereocenters. The topological polar surface area (TPSA) is 122 Å². The van der Waals surface area contributed by atoms with Crippen molar-refractivity contribution in [3.05, 3.63) is 54.3 Å². The van der Waals surface area contributed by atoms with Gasteiger partial charge in [-0.1, -0.05) is 30.3 Å². The summed E-state index contributed by atoms with van der Waals surface area (Å²) < 4.78 is 6.77. The lowest BCUT2D eigenvalue weighted by atomic mass is 10.1. The fourth-order valence-electron chi connectivity index (χ4n) is 4.87. The van der Waals surface area contributed by atoms with Gasteiger partial charge in [-0.15, -0.1) is 5.10 Å². The van der Waals surface area contributed by atoms with Crippen molar-refractivity contribution in [2.24, 2.45) is 0 Å². The molecule has 0 spiro atoms. The van der Waals surface area contributed by atoms with Crippen molar-refractivity contribution in [3.8, 4) is 11.6 Å². The molecule has 2 N–H and O–H groups in total. The number of nitrogens with two attached hydrogens (primary N) is 1. The largest absolute Gasteiger partial charge is 0.461 e. The highest BCUT2D eigenvalue weighted by molar-refractivity contribution is 5.85. The van der Waals surface area contributed by atoms with E-state index < -0.39 is 0 Å². The lowest BCUT2D eigenvalue weighted by Crippen LogP contribution is -2.53. The first kappa shape index (κ1) is 21.5. The lowest BCUT2D eigenvalue weighted by Gasteiger charge is -2.37. The van der Waals surface area contributed by atoms with E-state index in [0.29, 0.717) is 42.9 Å². The van der Waals surface area contributed by atoms with Crippen LogP contribution in [0.1, 0.15) is 18.4 Å². The molecule has 180 valence electrons. The minimum absolute atomic E-state index is 0.127. The molecule has 1 aromatic carbocycles. The third kappa shape index (κ3) is 4.18. The predicted octanol–water partition coefficient (Wildman–Crippen LogP) is 1.67. The van der Waals surface area contributed by atoms with E-state index in [-0.39, 0.29) is 17.9 Å². The van der Waals surface area contributed by atoms with Gasteiger partial charge in [-0.2, -0.15) is 19.5 Å². The van der Waals surface area contributed by atoms with Gasteiger partial charge in [0.15, 0.2) is 5.76 Å². The second kappa shape index (κ2) is 8.99. The third-order valence-corrected chi connectivity index (χ3v) is 6.69. The number of piperazine rings is 1. The third-order valence-electron chi connectivity index (χ3n) is 6.69. The Labute approximate surface area is 202 Å². The van der Waals surface area contributed by atoms with Gasteiger partial charge in [-0.3, -0.25) is 9.69 Å². The first-order valence-corrected chi connectivity index (χ1v) is 11.9. The molecular weight excluding hydrogens is 446 g/mol. The number of fused-ring (bicyclic) bond motifs is 1. The van der Waals surface area contributed by atoms with Crippen LogP contribution < -0.4 is 10.6 Å². The summed E-state index contributed by atoms with van der Waals surface area (Å²) in [6.45, 7) is 4.75. The molecule has 0 radical (unpaired) electrons. The van der Waals surface area contributed by atoms with Crippen LogP contribution in [0.4, 0.5) is 11.9 Å². The van der Waals surface area contributed by atoms with E-state index in [9.17, 15) is 4.79 Å². The average molecular weight is 474 g/mol. The van der Waals surface area contributed by atoms with Gasteiger partial charge in [0.1, 0.15) is 6.04 Å². The summed E-state index contributed by atoms with van der Waals surface area (Å²) in [5.74, 6) is 1.94. The zero-order valence-electron chi connectivity index (χ0n) is 19.3. The maximum Gasteiger partial charge on any atom is 0.259 e. The summed E-state index contributed by atoms with van der Waals surface area (Å²) in [6.07, 6.45) is 3.22. The van der Waals surface area contributed by atoms with Crippen LogP contribution in [0, 0.1) is 0 Å². The Hall–Kier alpha value is -3.99. The fraction of sp³-hybridized carbons (Fsp3) is 0.375. The van der Waals surface area contributed by atoms with Crippen molar-refractivity contribution in [2.75, 3.05) is 43.4 Å². The Morgan fingerprint density at radius 3 is 2.60 bits per heavy atom. The van der Waals surface area contributed by atoms with Crippen LogP contribution in [0.2, 0.25) is 0 Å². The van der Waals surface area contributed by atoms with Crippen LogP contribution in [0.15, 0.2) is 53.1 Å². The molecule has 2 aliphatic rings. The Bertz CT molecular complexity index is 1310. The number of anilines is 2. The number of hydrogen-bond donors (Lipinski definition) is 1. The summed E-state index contributed by atoms with van der Waals surface area (Å²) in [4.78, 5) is 33.3. The Morgan fingerprint density at radius 2 is 1.83 bits per heavy atom. The highest BCUT2D eigenvalue weighted by atomic mass is 16.3. The zero-order chi connectivity index (χ0) is 23.8. The minimum atomic E-state index is -0.301. The van der Waals surface area contributed by atoms with Crippen LogP contribution in [0.3, 0.4) is 0 Å². The van der Waals surface area contributed by atoms with Crippen molar-refractivity contribution < 1.29 is 9.21 Å². The Balaban J connectivity index is 1.16. The monoisotopic (exact) mass is 473 g/mol. The molecule has 1 unspecified atom stereocenters. The number of aromatic nitrogens is 5. The van der Waals surface area contributed by atoms with E-state index in [0.717, 1.165) is 32.5 Å². The number of nitrogen functional groups attached to an aromatic ring is 1. The summed E-state index contributed by atoms with van der Waals surface area (Å²) in [6, 6.07) is 13.7. The molecule has 5 heterocycles. The molecule has 0 aliphatic carbocycles. The van der Waals surface area contributed by atoms with Crippen LogP contribution in [-0.4, -0.2) is 79.0 Å². The molecule has 11 nitrogen and oxygen atoms in total. The molecule has 3 aromatic heterocycles. The molecule has 0 saturated carbocycles. The van der Waals surface area contributed by atoms with Crippen molar-refractivity contribution >= 4 is 23.6 Å². The lowest BCUT2D eigenvalue weighted by molar-refractivity contribution is -0.134. The minimum Gasteiger partial charge on any atom is -0.461 e. The van der Waals surface area contributed by atoms with Gasteiger partial charge in [0.2, 0.25) is 23.6 Å². The van der Waals surface area contributed by atoms with Crippen LogP contribution in [0.25, 0.3) is 17.4 Å².